The van der Waals surface area contributed by atoms with Gasteiger partial charge in [-0.3, -0.25) is 9.59 Å². The number of hydrogen-bond acceptors (Lipinski definition) is 2. The van der Waals surface area contributed by atoms with Crippen molar-refractivity contribution in [1.82, 2.24) is 0 Å². The highest BCUT2D eigenvalue weighted by molar-refractivity contribution is 5.85. The second-order valence-corrected chi connectivity index (χ2v) is 1.18. The maximum absolute atomic E-state index is 9.67. The summed E-state index contributed by atoms with van der Waals surface area (Å²) < 4.78 is 0. The summed E-state index contributed by atoms with van der Waals surface area (Å²) in [5.41, 5.74) is 0. The predicted molar refractivity (Wildman–Crippen MR) is 22.5 cm³/mol. The van der Waals surface area contributed by atoms with Crippen molar-refractivity contribution >= 4 is 12.3 Å². The smallest absolute Gasteiger partial charge is 0.314 e. The second-order valence-electron chi connectivity index (χ2n) is 1.18. The van der Waals surface area contributed by atoms with Gasteiger partial charge in [0.1, 0.15) is 5.92 Å². The topological polar surface area (TPSA) is 54.4 Å². The van der Waals surface area contributed by atoms with E-state index in [9.17, 15) is 9.59 Å². The number of hydrogen-bond donors (Lipinski definition) is 1. The van der Waals surface area contributed by atoms with Crippen molar-refractivity contribution < 1.29 is 14.7 Å². The van der Waals surface area contributed by atoms with Crippen LogP contribution in [0, 0.1) is 5.92 Å². The van der Waals surface area contributed by atoms with E-state index in [2.05, 4.69) is 0 Å². The third-order valence-electron chi connectivity index (χ3n) is 0.547. The third kappa shape index (κ3) is 1.92. The summed E-state index contributed by atoms with van der Waals surface area (Å²) in [5.74, 6) is -2.12. The van der Waals surface area contributed by atoms with Crippen LogP contribution in [-0.4, -0.2) is 17.4 Å². The Balaban J connectivity index is 3.55. The van der Waals surface area contributed by atoms with E-state index in [4.69, 9.17) is 5.11 Å². The maximum Gasteiger partial charge on any atom is 0.314 e. The molecule has 3 nitrogen and oxygen atoms in total. The number of aliphatic carboxylic acids is 1. The number of carboxylic acid groups (broad SMARTS) is 1. The van der Waals surface area contributed by atoms with E-state index in [0.29, 0.717) is 0 Å². The maximum atomic E-state index is 9.67. The molecule has 0 aromatic heterocycles. The van der Waals surface area contributed by atoms with E-state index >= 15 is 0 Å². The molecule has 0 bridgehead atoms. The lowest BCUT2D eigenvalue weighted by atomic mass is 10.2. The zero-order valence-electron chi connectivity index (χ0n) is 3.84. The Morgan fingerprint density at radius 2 is 2.29 bits per heavy atom. The van der Waals surface area contributed by atoms with Crippen LogP contribution in [-0.2, 0) is 9.59 Å². The zero-order valence-corrected chi connectivity index (χ0v) is 3.84. The van der Waals surface area contributed by atoms with Gasteiger partial charge in [-0.05, 0) is 6.92 Å². The van der Waals surface area contributed by atoms with Gasteiger partial charge in [0.25, 0.3) is 0 Å². The number of rotatable bonds is 2. The molecule has 39 valence electrons. The van der Waals surface area contributed by atoms with E-state index in [1.165, 1.54) is 13.2 Å². The largest absolute Gasteiger partial charge is 0.481 e. The van der Waals surface area contributed by atoms with Crippen molar-refractivity contribution in [1.29, 1.82) is 0 Å². The molecule has 0 heterocycles. The number of carboxylic acids is 1. The third-order valence-corrected chi connectivity index (χ3v) is 0.547. The molecular weight excluding hydrogens is 96.0 g/mol. The molecule has 1 atom stereocenters. The van der Waals surface area contributed by atoms with Crippen molar-refractivity contribution in [2.45, 2.75) is 6.92 Å². The fourth-order valence-corrected chi connectivity index (χ4v) is 0.0504. The van der Waals surface area contributed by atoms with Crippen molar-refractivity contribution in [2.24, 2.45) is 5.92 Å². The van der Waals surface area contributed by atoms with E-state index < -0.39 is 11.9 Å². The molecule has 0 spiro atoms. The minimum Gasteiger partial charge on any atom is -0.481 e. The summed E-state index contributed by atoms with van der Waals surface area (Å²) in [5, 5.41) is 7.92. The lowest BCUT2D eigenvalue weighted by molar-refractivity contribution is -0.138. The summed E-state index contributed by atoms with van der Waals surface area (Å²) in [7, 11) is 0. The Labute approximate surface area is 41.0 Å². The second kappa shape index (κ2) is 2.34. The molecular formula is C4H5O3. The first kappa shape index (κ1) is 6.14. The lowest BCUT2D eigenvalue weighted by Crippen LogP contribution is -2.09. The van der Waals surface area contributed by atoms with Crippen molar-refractivity contribution in [3.05, 3.63) is 0 Å². The first-order chi connectivity index (χ1) is 3.18. The molecule has 0 aromatic rings. The van der Waals surface area contributed by atoms with Gasteiger partial charge in [-0.15, -0.1) is 0 Å². The standard InChI is InChI=1S/C4H5O3/c1-3(2-5)4(6)7/h3H,1H3,(H,6,7). The Kier molecular flexibility index (Phi) is 2.05. The van der Waals surface area contributed by atoms with Crippen molar-refractivity contribution in [2.75, 3.05) is 0 Å². The molecule has 0 rings (SSSR count). The van der Waals surface area contributed by atoms with Crippen LogP contribution in [0.1, 0.15) is 6.92 Å². The Morgan fingerprint density at radius 3 is 2.29 bits per heavy atom. The predicted octanol–water partition coefficient (Wildman–Crippen LogP) is -0.183. The first-order valence-electron chi connectivity index (χ1n) is 1.79. The van der Waals surface area contributed by atoms with E-state index in [0.717, 1.165) is 0 Å². The van der Waals surface area contributed by atoms with Gasteiger partial charge in [0.05, 0.1) is 0 Å². The lowest BCUT2D eigenvalue weighted by Gasteiger charge is -1.87. The summed E-state index contributed by atoms with van der Waals surface area (Å²) in [6.45, 7) is 1.27. The van der Waals surface area contributed by atoms with Gasteiger partial charge in [0.2, 0.25) is 6.29 Å². The van der Waals surface area contributed by atoms with Crippen molar-refractivity contribution in [3.8, 4) is 0 Å². The van der Waals surface area contributed by atoms with E-state index in [1.807, 2.05) is 0 Å². The van der Waals surface area contributed by atoms with Gasteiger partial charge in [0.15, 0.2) is 0 Å². The summed E-state index contributed by atoms with van der Waals surface area (Å²) >= 11 is 0. The Bertz CT molecular complexity index is 86.9. The molecule has 0 aliphatic rings. The normalized spacial score (nSPS) is 12.7. The number of carbonyl (C=O) groups excluding carboxylic acids is 1. The first-order valence-corrected chi connectivity index (χ1v) is 1.79. The van der Waals surface area contributed by atoms with Gasteiger partial charge >= 0.3 is 5.97 Å². The van der Waals surface area contributed by atoms with Crippen LogP contribution >= 0.6 is 0 Å². The molecule has 0 saturated heterocycles. The molecule has 1 N–H and O–H groups in total. The molecule has 0 aliphatic heterocycles. The highest BCUT2D eigenvalue weighted by Gasteiger charge is 2.07. The van der Waals surface area contributed by atoms with Crippen LogP contribution in [0.2, 0.25) is 0 Å². The zero-order chi connectivity index (χ0) is 5.86. The molecule has 0 saturated carbocycles. The fourth-order valence-electron chi connectivity index (χ4n) is 0.0504. The highest BCUT2D eigenvalue weighted by Crippen LogP contribution is 1.84. The van der Waals surface area contributed by atoms with Crippen LogP contribution in [0.3, 0.4) is 0 Å². The van der Waals surface area contributed by atoms with Gasteiger partial charge in [-0.1, -0.05) is 0 Å². The fraction of sp³-hybridized carbons (Fsp3) is 0.500. The van der Waals surface area contributed by atoms with Gasteiger partial charge < -0.3 is 5.11 Å². The molecule has 1 unspecified atom stereocenters. The molecule has 7 heavy (non-hydrogen) atoms. The van der Waals surface area contributed by atoms with Crippen LogP contribution in [0.15, 0.2) is 0 Å². The van der Waals surface area contributed by atoms with E-state index in [1.54, 1.807) is 0 Å². The molecule has 3 heteroatoms. The molecule has 0 amide bonds. The number of carbonyl (C=O) groups is 1. The summed E-state index contributed by atoms with van der Waals surface area (Å²) in [6, 6.07) is 0. The average Bonchev–Trinajstić information content (AvgIpc) is 1.65. The van der Waals surface area contributed by atoms with Gasteiger partial charge in [-0.2, -0.15) is 0 Å². The minimum absolute atomic E-state index is 0.986. The van der Waals surface area contributed by atoms with E-state index in [-0.39, 0.29) is 0 Å². The molecule has 1 radical (unpaired) electrons. The van der Waals surface area contributed by atoms with Gasteiger partial charge in [0, 0.05) is 0 Å². The SMILES string of the molecule is CC([C]=O)C(=O)O. The highest BCUT2D eigenvalue weighted by atomic mass is 16.4. The molecule has 0 aliphatic carbocycles. The monoisotopic (exact) mass is 101 g/mol. The summed E-state index contributed by atoms with van der Waals surface area (Å²) in [4.78, 5) is 19.1. The quantitative estimate of drug-likeness (QED) is 0.491. The Hall–Kier alpha value is -0.860. The van der Waals surface area contributed by atoms with Crippen LogP contribution in [0.5, 0.6) is 0 Å². The minimum atomic E-state index is -1.13. The van der Waals surface area contributed by atoms with Crippen LogP contribution < -0.4 is 0 Å². The van der Waals surface area contributed by atoms with Gasteiger partial charge in [-0.25, -0.2) is 0 Å². The average molecular weight is 101 g/mol. The molecule has 0 fully saturated rings. The molecule has 0 aromatic carbocycles. The van der Waals surface area contributed by atoms with Crippen LogP contribution in [0.4, 0.5) is 0 Å². The summed E-state index contributed by atoms with van der Waals surface area (Å²) in [6.07, 6.45) is 1.31. The van der Waals surface area contributed by atoms with Crippen molar-refractivity contribution in [3.63, 3.8) is 0 Å². The van der Waals surface area contributed by atoms with Crippen LogP contribution in [0.25, 0.3) is 0 Å². The Morgan fingerprint density at radius 1 is 1.86 bits per heavy atom.